The number of nitrogens with zero attached hydrogens (tertiary/aromatic N) is 3. The van der Waals surface area contributed by atoms with Gasteiger partial charge in [-0.3, -0.25) is 15.1 Å². The second-order valence-corrected chi connectivity index (χ2v) is 8.36. The number of amidine groups is 1. The predicted molar refractivity (Wildman–Crippen MR) is 108 cm³/mol. The third kappa shape index (κ3) is 3.26. The van der Waals surface area contributed by atoms with Gasteiger partial charge in [0.2, 0.25) is 0 Å². The molecule has 2 aromatic carbocycles. The third-order valence-electron chi connectivity index (χ3n) is 4.11. The largest absolute Gasteiger partial charge is 0.298 e. The summed E-state index contributed by atoms with van der Waals surface area (Å²) in [6, 6.07) is 9.85. The molecule has 0 spiro atoms. The fourth-order valence-corrected chi connectivity index (χ4v) is 4.20. The van der Waals surface area contributed by atoms with E-state index in [9.17, 15) is 9.18 Å². The molecule has 0 radical (unpaired) electrons. The highest BCUT2D eigenvalue weighted by Gasteiger charge is 2.36. The molecular formula is C18H13BrClFN4OS. The number of hydrogen-bond donors (Lipinski definition) is 1. The van der Waals surface area contributed by atoms with Gasteiger partial charge in [-0.05, 0) is 36.1 Å². The Bertz CT molecular complexity index is 1090. The fraction of sp³-hybridized carbons (Fsp3) is 0.167. The van der Waals surface area contributed by atoms with E-state index in [1.807, 2.05) is 13.0 Å². The number of nitrogens with one attached hydrogen (secondary N) is 1. The zero-order valence-electron chi connectivity index (χ0n) is 14.0. The number of carbonyl (C=O) groups excluding carboxylic acids is 1. The van der Waals surface area contributed by atoms with Gasteiger partial charge < -0.3 is 0 Å². The normalized spacial score (nSPS) is 18.3. The minimum atomic E-state index is -0.874. The first-order valence-electron chi connectivity index (χ1n) is 8.13. The maximum Gasteiger partial charge on any atom is 0.276 e. The van der Waals surface area contributed by atoms with Crippen molar-refractivity contribution in [3.05, 3.63) is 67.9 Å². The maximum absolute atomic E-state index is 14.6. The molecule has 9 heteroatoms. The first-order chi connectivity index (χ1) is 13.0. The summed E-state index contributed by atoms with van der Waals surface area (Å²) in [5.74, 6) is -0.0816. The van der Waals surface area contributed by atoms with Crippen LogP contribution in [0.1, 0.15) is 18.7 Å². The number of hydrazone groups is 1. The highest BCUT2D eigenvalue weighted by atomic mass is 79.9. The average Bonchev–Trinajstić information content (AvgIpc) is 2.62. The topological polar surface area (TPSA) is 57.1 Å². The molecule has 0 saturated heterocycles. The summed E-state index contributed by atoms with van der Waals surface area (Å²) in [5, 5.41) is 10.6. The van der Waals surface area contributed by atoms with Crippen LogP contribution in [-0.4, -0.2) is 21.8 Å². The van der Waals surface area contributed by atoms with E-state index >= 15 is 0 Å². The summed E-state index contributed by atoms with van der Waals surface area (Å²) in [4.78, 5) is 17.5. The first kappa shape index (κ1) is 18.5. The molecule has 4 rings (SSSR count). The van der Waals surface area contributed by atoms with E-state index in [0.717, 1.165) is 10.2 Å². The highest BCUT2D eigenvalue weighted by Crippen LogP contribution is 2.35. The molecule has 0 aliphatic carbocycles. The van der Waals surface area contributed by atoms with E-state index in [1.54, 1.807) is 18.2 Å². The summed E-state index contributed by atoms with van der Waals surface area (Å²) in [7, 11) is 0. The number of rotatable bonds is 2. The maximum atomic E-state index is 14.6. The van der Waals surface area contributed by atoms with Crippen molar-refractivity contribution < 1.29 is 9.18 Å². The molecule has 2 aromatic rings. The van der Waals surface area contributed by atoms with Crippen LogP contribution in [0.4, 0.5) is 4.39 Å². The van der Waals surface area contributed by atoms with Gasteiger partial charge >= 0.3 is 0 Å². The van der Waals surface area contributed by atoms with Crippen LogP contribution in [0.25, 0.3) is 5.70 Å². The quantitative estimate of drug-likeness (QED) is 0.738. The Hall–Kier alpha value is -1.90. The molecule has 2 aliphatic rings. The Labute approximate surface area is 172 Å². The van der Waals surface area contributed by atoms with Crippen molar-refractivity contribution in [1.29, 1.82) is 0 Å². The number of amides is 1. The minimum Gasteiger partial charge on any atom is -0.298 e. The van der Waals surface area contributed by atoms with Crippen molar-refractivity contribution in [2.75, 3.05) is 5.75 Å². The molecular weight excluding hydrogens is 455 g/mol. The fourth-order valence-electron chi connectivity index (χ4n) is 3.00. The van der Waals surface area contributed by atoms with Crippen LogP contribution in [0.2, 0.25) is 5.02 Å². The van der Waals surface area contributed by atoms with E-state index in [-0.39, 0.29) is 16.5 Å². The van der Waals surface area contributed by atoms with E-state index < -0.39 is 12.0 Å². The Balaban J connectivity index is 2.02. The van der Waals surface area contributed by atoms with Crippen LogP contribution < -0.4 is 15.9 Å². The van der Waals surface area contributed by atoms with Crippen molar-refractivity contribution in [3.63, 3.8) is 0 Å². The molecule has 138 valence electrons. The smallest absolute Gasteiger partial charge is 0.276 e. The lowest BCUT2D eigenvalue weighted by Gasteiger charge is -2.34. The Morgan fingerprint density at radius 1 is 1.37 bits per heavy atom. The van der Waals surface area contributed by atoms with Gasteiger partial charge in [0.15, 0.2) is 11.3 Å². The van der Waals surface area contributed by atoms with Crippen LogP contribution in [0.15, 0.2) is 51.0 Å². The molecule has 2 heterocycles. The van der Waals surface area contributed by atoms with E-state index in [0.29, 0.717) is 21.4 Å². The minimum absolute atomic E-state index is 0.185. The number of fused-ring (bicyclic) bond motifs is 2. The molecule has 1 unspecified atom stereocenters. The van der Waals surface area contributed by atoms with Gasteiger partial charge in [-0.1, -0.05) is 52.3 Å². The van der Waals surface area contributed by atoms with E-state index in [4.69, 9.17) is 11.6 Å². The molecule has 0 aromatic heterocycles. The zero-order chi connectivity index (χ0) is 19.1. The van der Waals surface area contributed by atoms with Gasteiger partial charge in [0, 0.05) is 9.69 Å². The summed E-state index contributed by atoms with van der Waals surface area (Å²) >= 11 is 11.1. The monoisotopic (exact) mass is 466 g/mol. The van der Waals surface area contributed by atoms with Crippen molar-refractivity contribution in [1.82, 2.24) is 10.3 Å². The lowest BCUT2D eigenvalue weighted by molar-refractivity contribution is -0.116. The number of benzene rings is 2. The number of halogens is 3. The van der Waals surface area contributed by atoms with Crippen LogP contribution in [0.5, 0.6) is 0 Å². The standard InChI is InChI=1S/C18H13BrClFN4OS/c1-2-27-18-23-17(26)15-10-8-9(19)6-7-13(10)22-16(25(15)24-18)14-11(20)4-3-5-12(14)21/h3-8,16H,2H2,1H3,(H,23,24,26). The summed E-state index contributed by atoms with van der Waals surface area (Å²) in [6.07, 6.45) is -0.874. The van der Waals surface area contributed by atoms with Gasteiger partial charge in [-0.25, -0.2) is 9.40 Å². The van der Waals surface area contributed by atoms with E-state index in [1.165, 1.54) is 28.9 Å². The van der Waals surface area contributed by atoms with Crippen molar-refractivity contribution in [3.8, 4) is 0 Å². The lowest BCUT2D eigenvalue weighted by atomic mass is 10.1. The Morgan fingerprint density at radius 2 is 2.19 bits per heavy atom. The third-order valence-corrected chi connectivity index (χ3v) is 5.68. The number of hydrogen-bond acceptors (Lipinski definition) is 5. The molecule has 1 amide bonds. The Kier molecular flexibility index (Phi) is 4.96. The van der Waals surface area contributed by atoms with Crippen molar-refractivity contribution in [2.24, 2.45) is 10.1 Å². The molecule has 1 atom stereocenters. The first-order valence-corrected chi connectivity index (χ1v) is 10.3. The second kappa shape index (κ2) is 7.26. The van der Waals surface area contributed by atoms with Crippen LogP contribution in [-0.2, 0) is 4.79 Å². The zero-order valence-corrected chi connectivity index (χ0v) is 17.2. The molecule has 0 fully saturated rings. The summed E-state index contributed by atoms with van der Waals surface area (Å²) in [6.45, 7) is 1.96. The second-order valence-electron chi connectivity index (χ2n) is 5.79. The van der Waals surface area contributed by atoms with Gasteiger partial charge in [-0.2, -0.15) is 0 Å². The van der Waals surface area contributed by atoms with Gasteiger partial charge in [-0.15, -0.1) is 5.10 Å². The molecule has 5 nitrogen and oxygen atoms in total. The van der Waals surface area contributed by atoms with Crippen molar-refractivity contribution >= 4 is 56.1 Å². The van der Waals surface area contributed by atoms with Crippen LogP contribution >= 0.6 is 39.3 Å². The molecule has 2 aliphatic heterocycles. The number of thioether (sulfide) groups is 1. The van der Waals surface area contributed by atoms with Crippen LogP contribution in [0.3, 0.4) is 0 Å². The number of carbonyl (C=O) groups is 1. The molecule has 0 saturated carbocycles. The lowest BCUT2D eigenvalue weighted by Crippen LogP contribution is -2.50. The van der Waals surface area contributed by atoms with Gasteiger partial charge in [0.1, 0.15) is 11.5 Å². The van der Waals surface area contributed by atoms with Gasteiger partial charge in [0.25, 0.3) is 5.91 Å². The predicted octanol–water partition coefficient (Wildman–Crippen LogP) is 3.14. The summed E-state index contributed by atoms with van der Waals surface area (Å²) < 4.78 is 15.4. The average molecular weight is 468 g/mol. The highest BCUT2D eigenvalue weighted by molar-refractivity contribution is 9.10. The summed E-state index contributed by atoms with van der Waals surface area (Å²) in [5.41, 5.74) is 0.496. The van der Waals surface area contributed by atoms with Crippen molar-refractivity contribution in [2.45, 2.75) is 13.1 Å². The Morgan fingerprint density at radius 3 is 2.93 bits per heavy atom. The van der Waals surface area contributed by atoms with Gasteiger partial charge in [0.05, 0.1) is 15.9 Å². The van der Waals surface area contributed by atoms with Crippen LogP contribution in [0, 0.1) is 5.82 Å². The SMILES string of the molecule is CCSC1=NN2C(=c3cc(Br)ccc3=NC2c2c(F)cccc2Cl)C(=O)N1. The molecule has 0 bridgehead atoms. The van der Waals surface area contributed by atoms with E-state index in [2.05, 4.69) is 31.3 Å². The molecule has 1 N–H and O–H groups in total. The molecule has 27 heavy (non-hydrogen) atoms.